The average molecular weight is 538 g/mol. The van der Waals surface area contributed by atoms with E-state index in [0.717, 1.165) is 43.4 Å². The Labute approximate surface area is 232 Å². The maximum absolute atomic E-state index is 12.4. The Morgan fingerprint density at radius 2 is 2.03 bits per heavy atom. The highest BCUT2D eigenvalue weighted by molar-refractivity contribution is 7.99. The molecule has 0 aromatic heterocycles. The molecule has 1 amide bonds. The second-order valence-electron chi connectivity index (χ2n) is 11.3. The summed E-state index contributed by atoms with van der Waals surface area (Å²) in [5.74, 6) is 1.41. The Bertz CT molecular complexity index is 1140. The molecule has 6 heteroatoms. The normalized spacial score (nSPS) is 25.0. The molecule has 38 heavy (non-hydrogen) atoms. The number of carboxylic acid groups (broad SMARTS) is 1. The van der Waals surface area contributed by atoms with Crippen molar-refractivity contribution in [3.05, 3.63) is 64.4 Å². The molecule has 206 valence electrons. The molecule has 2 heterocycles. The Morgan fingerprint density at radius 1 is 1.24 bits per heavy atom. The van der Waals surface area contributed by atoms with Gasteiger partial charge in [-0.3, -0.25) is 4.79 Å². The van der Waals surface area contributed by atoms with E-state index in [4.69, 9.17) is 4.74 Å². The fourth-order valence-electron chi connectivity index (χ4n) is 6.26. The van der Waals surface area contributed by atoms with Crippen LogP contribution in [0.4, 0.5) is 0 Å². The molecule has 2 aliphatic heterocycles. The van der Waals surface area contributed by atoms with E-state index in [1.165, 1.54) is 46.4 Å². The van der Waals surface area contributed by atoms with Gasteiger partial charge in [0.2, 0.25) is 5.91 Å². The molecule has 4 rings (SSSR count). The van der Waals surface area contributed by atoms with Crippen LogP contribution in [0.2, 0.25) is 0 Å². The largest absolute Gasteiger partial charge is 0.483 e. The summed E-state index contributed by atoms with van der Waals surface area (Å²) in [5.41, 5.74) is 6.17. The number of carbonyl (C=O) groups excluding carboxylic acids is 1. The number of thioether (sulfide) groups is 1. The van der Waals surface area contributed by atoms with Crippen LogP contribution in [0.3, 0.4) is 0 Å². The van der Waals surface area contributed by atoms with E-state index in [0.29, 0.717) is 17.6 Å². The van der Waals surface area contributed by atoms with Gasteiger partial charge in [0, 0.05) is 23.3 Å². The predicted octanol–water partition coefficient (Wildman–Crippen LogP) is 7.48. The number of allylic oxidation sites excluding steroid dienone is 3. The quantitative estimate of drug-likeness (QED) is 0.130. The summed E-state index contributed by atoms with van der Waals surface area (Å²) >= 11 is 1.58. The Hall–Kier alpha value is -2.47. The summed E-state index contributed by atoms with van der Waals surface area (Å²) in [7, 11) is 0. The van der Waals surface area contributed by atoms with E-state index in [1.54, 1.807) is 11.8 Å². The van der Waals surface area contributed by atoms with Gasteiger partial charge in [0.05, 0.1) is 5.92 Å². The minimum absolute atomic E-state index is 0.0323. The van der Waals surface area contributed by atoms with Crippen LogP contribution in [0, 0.1) is 11.8 Å². The summed E-state index contributed by atoms with van der Waals surface area (Å²) in [5, 5.41) is 9.86. The van der Waals surface area contributed by atoms with Crippen molar-refractivity contribution in [3.8, 4) is 5.75 Å². The molecule has 1 fully saturated rings. The van der Waals surface area contributed by atoms with Gasteiger partial charge in [-0.15, -0.1) is 11.8 Å². The number of amides is 1. The SMILES string of the molecule is C=C(C)[C@@H]1CCC(C)=C[C@H]1c1ccc(CCCCC)cc1OCSCC1=C(C(=O)O)N2C(=O)C(C)[C@H]2CC1. The van der Waals surface area contributed by atoms with Crippen LogP contribution < -0.4 is 4.74 Å². The molecule has 1 aromatic carbocycles. The van der Waals surface area contributed by atoms with Crippen LogP contribution in [-0.4, -0.2) is 39.6 Å². The second kappa shape index (κ2) is 12.6. The molecule has 5 nitrogen and oxygen atoms in total. The van der Waals surface area contributed by atoms with Crippen LogP contribution in [0.25, 0.3) is 0 Å². The zero-order valence-electron chi connectivity index (χ0n) is 23.4. The number of ether oxygens (including phenoxy) is 1. The molecule has 1 saturated heterocycles. The lowest BCUT2D eigenvalue weighted by molar-refractivity contribution is -0.157. The van der Waals surface area contributed by atoms with Crippen LogP contribution in [0.15, 0.2) is 53.3 Å². The number of aryl methyl sites for hydroxylation is 1. The minimum Gasteiger partial charge on any atom is -0.483 e. The maximum Gasteiger partial charge on any atom is 0.352 e. The third-order valence-electron chi connectivity index (χ3n) is 8.52. The van der Waals surface area contributed by atoms with Gasteiger partial charge < -0.3 is 14.7 Å². The van der Waals surface area contributed by atoms with E-state index in [-0.39, 0.29) is 29.5 Å². The molecule has 0 saturated carbocycles. The van der Waals surface area contributed by atoms with Crippen molar-refractivity contribution in [2.24, 2.45) is 11.8 Å². The number of hydrogen-bond acceptors (Lipinski definition) is 4. The summed E-state index contributed by atoms with van der Waals surface area (Å²) in [6.45, 7) is 12.8. The maximum atomic E-state index is 12.4. The van der Waals surface area contributed by atoms with Crippen molar-refractivity contribution in [3.63, 3.8) is 0 Å². The zero-order chi connectivity index (χ0) is 27.4. The van der Waals surface area contributed by atoms with Crippen molar-refractivity contribution in [1.82, 2.24) is 4.90 Å². The molecule has 1 aliphatic carbocycles. The zero-order valence-corrected chi connectivity index (χ0v) is 24.2. The molecule has 3 aliphatic rings. The van der Waals surface area contributed by atoms with Gasteiger partial charge in [-0.1, -0.05) is 62.6 Å². The van der Waals surface area contributed by atoms with Crippen LogP contribution in [-0.2, 0) is 16.0 Å². The van der Waals surface area contributed by atoms with Gasteiger partial charge >= 0.3 is 5.97 Å². The van der Waals surface area contributed by atoms with E-state index in [2.05, 4.69) is 51.6 Å². The number of β-lactam (4-membered cyclic amide) rings is 1. The molecular weight excluding hydrogens is 494 g/mol. The first kappa shape index (κ1) is 28.5. The fourth-order valence-corrected chi connectivity index (χ4v) is 7.08. The summed E-state index contributed by atoms with van der Waals surface area (Å²) < 4.78 is 6.44. The highest BCUT2D eigenvalue weighted by atomic mass is 32.2. The van der Waals surface area contributed by atoms with E-state index < -0.39 is 5.97 Å². The monoisotopic (exact) mass is 537 g/mol. The lowest BCUT2D eigenvalue weighted by atomic mass is 9.74. The molecule has 0 spiro atoms. The van der Waals surface area contributed by atoms with Gasteiger partial charge in [-0.05, 0) is 75.5 Å². The van der Waals surface area contributed by atoms with Gasteiger partial charge in [-0.25, -0.2) is 4.79 Å². The molecular formula is C32H43NO4S. The number of aliphatic carboxylic acids is 1. The summed E-state index contributed by atoms with van der Waals surface area (Å²) in [6.07, 6.45) is 10.8. The average Bonchev–Trinajstić information content (AvgIpc) is 2.90. The van der Waals surface area contributed by atoms with Crippen LogP contribution in [0.5, 0.6) is 5.75 Å². The highest BCUT2D eigenvalue weighted by Gasteiger charge is 2.50. The van der Waals surface area contributed by atoms with Gasteiger partial charge in [0.1, 0.15) is 17.4 Å². The molecule has 4 atom stereocenters. The highest BCUT2D eigenvalue weighted by Crippen LogP contribution is 2.44. The fraction of sp³-hybridized carbons (Fsp3) is 0.562. The number of nitrogens with zero attached hydrogens (tertiary/aromatic N) is 1. The topological polar surface area (TPSA) is 66.8 Å². The molecule has 0 bridgehead atoms. The van der Waals surface area contributed by atoms with Gasteiger partial charge in [0.25, 0.3) is 0 Å². The van der Waals surface area contributed by atoms with Gasteiger partial charge in [-0.2, -0.15) is 0 Å². The molecule has 1 unspecified atom stereocenters. The van der Waals surface area contributed by atoms with Crippen molar-refractivity contribution in [1.29, 1.82) is 0 Å². The smallest absolute Gasteiger partial charge is 0.352 e. The van der Waals surface area contributed by atoms with Crippen molar-refractivity contribution in [2.45, 2.75) is 91.0 Å². The van der Waals surface area contributed by atoms with Crippen molar-refractivity contribution in [2.75, 3.05) is 11.7 Å². The number of fused-ring (bicyclic) bond motifs is 1. The lowest BCUT2D eigenvalue weighted by Crippen LogP contribution is -2.61. The van der Waals surface area contributed by atoms with Crippen LogP contribution in [0.1, 0.15) is 89.7 Å². The van der Waals surface area contributed by atoms with Crippen LogP contribution >= 0.6 is 11.8 Å². The third kappa shape index (κ3) is 6.06. The molecule has 1 N–H and O–H groups in total. The number of hydrogen-bond donors (Lipinski definition) is 1. The third-order valence-corrected chi connectivity index (χ3v) is 9.35. The summed E-state index contributed by atoms with van der Waals surface area (Å²) in [4.78, 5) is 25.9. The standard InChI is InChI=1S/C32H43NO4S/c1-6-7-8-9-23-11-14-26(27-16-21(4)10-13-25(27)20(2)3)29(17-23)37-19-38-18-24-12-15-28-22(5)31(34)33(28)30(24)32(35)36/h11,14,16-17,22,25,27-28H,2,6-10,12-13,15,18-19H2,1,3-5H3,(H,35,36)/t22?,25-,27+,28+/m0/s1. The first-order valence-electron chi connectivity index (χ1n) is 14.2. The van der Waals surface area contributed by atoms with E-state index >= 15 is 0 Å². The Balaban J connectivity index is 1.50. The number of rotatable bonds is 12. The predicted molar refractivity (Wildman–Crippen MR) is 155 cm³/mol. The first-order chi connectivity index (χ1) is 18.2. The number of unbranched alkanes of at least 4 members (excludes halogenated alkanes) is 2. The Morgan fingerprint density at radius 3 is 2.74 bits per heavy atom. The number of benzene rings is 1. The van der Waals surface area contributed by atoms with E-state index in [9.17, 15) is 14.7 Å². The van der Waals surface area contributed by atoms with E-state index in [1.807, 2.05) is 6.92 Å². The Kier molecular flexibility index (Phi) is 9.45. The molecule has 0 radical (unpaired) electrons. The number of carbonyl (C=O) groups is 2. The second-order valence-corrected chi connectivity index (χ2v) is 12.3. The minimum atomic E-state index is -1.00. The molecule has 1 aromatic rings. The van der Waals surface area contributed by atoms with Crippen molar-refractivity contribution >= 4 is 23.6 Å². The van der Waals surface area contributed by atoms with Gasteiger partial charge in [0.15, 0.2) is 0 Å². The van der Waals surface area contributed by atoms with Crippen molar-refractivity contribution < 1.29 is 19.4 Å². The lowest BCUT2D eigenvalue weighted by Gasteiger charge is -2.49. The summed E-state index contributed by atoms with van der Waals surface area (Å²) in [6, 6.07) is 6.75. The first-order valence-corrected chi connectivity index (χ1v) is 15.3. The number of carboxylic acids is 1.